The van der Waals surface area contributed by atoms with E-state index >= 15 is 0 Å². The lowest BCUT2D eigenvalue weighted by Gasteiger charge is -2.10. The molecule has 1 heterocycles. The zero-order valence-corrected chi connectivity index (χ0v) is 16.5. The Morgan fingerprint density at radius 3 is 2.70 bits per heavy atom. The number of aliphatic imine (C=N–C) groups is 1. The predicted octanol–water partition coefficient (Wildman–Crippen LogP) is 3.05. The third-order valence-electron chi connectivity index (χ3n) is 3.94. The van der Waals surface area contributed by atoms with Gasteiger partial charge in [-0.25, -0.2) is 4.99 Å². The zero-order valence-electron chi connectivity index (χ0n) is 16.5. The molecular weight excluding hydrogens is 342 g/mol. The molecule has 1 aromatic heterocycles. The summed E-state index contributed by atoms with van der Waals surface area (Å²) in [5, 5.41) is 13.2. The smallest absolute Gasteiger partial charge is 0.246 e. The molecule has 0 aliphatic heterocycles. The monoisotopic (exact) mass is 371 g/mol. The summed E-state index contributed by atoms with van der Waals surface area (Å²) in [6.45, 7) is 9.35. The molecule has 0 unspecified atom stereocenters. The first-order valence-corrected chi connectivity index (χ1v) is 9.38. The molecule has 0 fully saturated rings. The van der Waals surface area contributed by atoms with Crippen molar-refractivity contribution < 1.29 is 9.32 Å². The van der Waals surface area contributed by atoms with E-state index in [0.717, 1.165) is 23.6 Å². The second-order valence-corrected chi connectivity index (χ2v) is 6.52. The number of hydrogen-bond donors (Lipinski definition) is 3. The Bertz CT molecular complexity index is 767. The molecule has 0 bridgehead atoms. The van der Waals surface area contributed by atoms with Crippen LogP contribution in [0.3, 0.4) is 0 Å². The summed E-state index contributed by atoms with van der Waals surface area (Å²) >= 11 is 0. The molecule has 0 radical (unpaired) electrons. The maximum Gasteiger partial charge on any atom is 0.246 e. The van der Waals surface area contributed by atoms with Gasteiger partial charge in [-0.05, 0) is 37.0 Å². The summed E-state index contributed by atoms with van der Waals surface area (Å²) in [6, 6.07) is 9.75. The minimum absolute atomic E-state index is 0.0271. The van der Waals surface area contributed by atoms with Crippen molar-refractivity contribution in [3.8, 4) is 0 Å². The SMILES string of the molecule is CCNC(=NCC(=O)Nc1cccc(CC)c1)NCc1cc(C(C)C)no1. The molecule has 146 valence electrons. The maximum absolute atomic E-state index is 12.2. The van der Waals surface area contributed by atoms with E-state index in [0.29, 0.717) is 25.0 Å². The predicted molar refractivity (Wildman–Crippen MR) is 108 cm³/mol. The molecule has 3 N–H and O–H groups in total. The normalized spacial score (nSPS) is 11.5. The van der Waals surface area contributed by atoms with Gasteiger partial charge in [0.1, 0.15) is 6.54 Å². The number of guanidine groups is 1. The van der Waals surface area contributed by atoms with E-state index in [2.05, 4.69) is 46.9 Å². The molecule has 7 nitrogen and oxygen atoms in total. The summed E-state index contributed by atoms with van der Waals surface area (Å²) in [6.07, 6.45) is 0.927. The second kappa shape index (κ2) is 10.4. The van der Waals surface area contributed by atoms with Gasteiger partial charge < -0.3 is 20.5 Å². The van der Waals surface area contributed by atoms with Gasteiger partial charge >= 0.3 is 0 Å². The van der Waals surface area contributed by atoms with Gasteiger partial charge in [0.05, 0.1) is 12.2 Å². The van der Waals surface area contributed by atoms with Crippen molar-refractivity contribution >= 4 is 17.6 Å². The number of amides is 1. The second-order valence-electron chi connectivity index (χ2n) is 6.52. The molecule has 2 rings (SSSR count). The van der Waals surface area contributed by atoms with E-state index in [1.165, 1.54) is 5.56 Å². The number of carbonyl (C=O) groups excluding carboxylic acids is 1. The van der Waals surface area contributed by atoms with Crippen molar-refractivity contribution in [1.29, 1.82) is 0 Å². The highest BCUT2D eigenvalue weighted by molar-refractivity contribution is 5.94. The third-order valence-corrected chi connectivity index (χ3v) is 3.94. The molecule has 0 saturated carbocycles. The van der Waals surface area contributed by atoms with Gasteiger partial charge in [0.15, 0.2) is 11.7 Å². The quantitative estimate of drug-likeness (QED) is 0.490. The summed E-state index contributed by atoms with van der Waals surface area (Å²) in [5.41, 5.74) is 2.89. The van der Waals surface area contributed by atoms with Crippen molar-refractivity contribution in [2.45, 2.75) is 46.6 Å². The minimum atomic E-state index is -0.165. The number of rotatable bonds is 8. The van der Waals surface area contributed by atoms with Crippen LogP contribution < -0.4 is 16.0 Å². The van der Waals surface area contributed by atoms with E-state index < -0.39 is 0 Å². The summed E-state index contributed by atoms with van der Waals surface area (Å²) in [5.74, 6) is 1.43. The number of aryl methyl sites for hydroxylation is 1. The van der Waals surface area contributed by atoms with Gasteiger partial charge in [0, 0.05) is 18.3 Å². The molecule has 0 saturated heterocycles. The fourth-order valence-corrected chi connectivity index (χ4v) is 2.42. The number of aromatic nitrogens is 1. The first-order valence-electron chi connectivity index (χ1n) is 9.38. The standard InChI is InChI=1S/C20H29N5O2/c1-5-15-8-7-9-16(10-15)24-19(26)13-23-20(21-6-2)22-12-17-11-18(14(3)4)25-27-17/h7-11,14H,5-6,12-13H2,1-4H3,(H,24,26)(H2,21,22,23). The van der Waals surface area contributed by atoms with E-state index in [4.69, 9.17) is 4.52 Å². The van der Waals surface area contributed by atoms with Crippen molar-refractivity contribution in [3.05, 3.63) is 47.3 Å². The first kappa shape index (κ1) is 20.5. The van der Waals surface area contributed by atoms with Gasteiger partial charge in [0.25, 0.3) is 0 Å². The topological polar surface area (TPSA) is 91.5 Å². The van der Waals surface area contributed by atoms with E-state index in [-0.39, 0.29) is 12.5 Å². The summed E-state index contributed by atoms with van der Waals surface area (Å²) in [7, 11) is 0. The highest BCUT2D eigenvalue weighted by atomic mass is 16.5. The lowest BCUT2D eigenvalue weighted by Crippen LogP contribution is -2.37. The number of nitrogens with one attached hydrogen (secondary N) is 3. The first-order chi connectivity index (χ1) is 13.0. The van der Waals surface area contributed by atoms with E-state index in [1.54, 1.807) is 0 Å². The van der Waals surface area contributed by atoms with Crippen LogP contribution in [0.2, 0.25) is 0 Å². The third kappa shape index (κ3) is 6.77. The van der Waals surface area contributed by atoms with Gasteiger partial charge in [-0.3, -0.25) is 4.79 Å². The Balaban J connectivity index is 1.90. The fraction of sp³-hybridized carbons (Fsp3) is 0.450. The number of anilines is 1. The number of nitrogens with zero attached hydrogens (tertiary/aromatic N) is 2. The minimum Gasteiger partial charge on any atom is -0.359 e. The Morgan fingerprint density at radius 2 is 2.04 bits per heavy atom. The molecule has 0 atom stereocenters. The number of carbonyl (C=O) groups is 1. The lowest BCUT2D eigenvalue weighted by atomic mass is 10.1. The molecule has 1 amide bonds. The molecule has 7 heteroatoms. The average molecular weight is 371 g/mol. The molecule has 27 heavy (non-hydrogen) atoms. The van der Waals surface area contributed by atoms with Crippen LogP contribution in [0.4, 0.5) is 5.69 Å². The number of benzene rings is 1. The molecule has 2 aromatic rings. The Kier molecular flexibility index (Phi) is 7.85. The van der Waals surface area contributed by atoms with Crippen LogP contribution in [0, 0.1) is 0 Å². The van der Waals surface area contributed by atoms with Crippen LogP contribution in [0.25, 0.3) is 0 Å². The van der Waals surface area contributed by atoms with Gasteiger partial charge in [-0.2, -0.15) is 0 Å². The van der Waals surface area contributed by atoms with Crippen molar-refractivity contribution in [2.75, 3.05) is 18.4 Å². The van der Waals surface area contributed by atoms with Crippen molar-refractivity contribution in [2.24, 2.45) is 4.99 Å². The van der Waals surface area contributed by atoms with Crippen LogP contribution in [-0.4, -0.2) is 30.1 Å². The van der Waals surface area contributed by atoms with Crippen LogP contribution >= 0.6 is 0 Å². The Morgan fingerprint density at radius 1 is 1.22 bits per heavy atom. The average Bonchev–Trinajstić information content (AvgIpc) is 3.13. The maximum atomic E-state index is 12.2. The highest BCUT2D eigenvalue weighted by Gasteiger charge is 2.09. The van der Waals surface area contributed by atoms with Gasteiger partial charge in [-0.1, -0.05) is 38.1 Å². The lowest BCUT2D eigenvalue weighted by molar-refractivity contribution is -0.114. The Hall–Kier alpha value is -2.83. The zero-order chi connectivity index (χ0) is 19.6. The fourth-order valence-electron chi connectivity index (χ4n) is 2.42. The van der Waals surface area contributed by atoms with Crippen molar-refractivity contribution in [3.63, 3.8) is 0 Å². The summed E-state index contributed by atoms with van der Waals surface area (Å²) < 4.78 is 5.31. The number of hydrogen-bond acceptors (Lipinski definition) is 4. The Labute approximate surface area is 160 Å². The van der Waals surface area contributed by atoms with Gasteiger partial charge in [0.2, 0.25) is 5.91 Å². The largest absolute Gasteiger partial charge is 0.359 e. The van der Waals surface area contributed by atoms with E-state index in [9.17, 15) is 4.79 Å². The molecule has 0 spiro atoms. The summed E-state index contributed by atoms with van der Waals surface area (Å²) in [4.78, 5) is 16.5. The molecule has 1 aromatic carbocycles. The molecule has 0 aliphatic rings. The van der Waals surface area contributed by atoms with Crippen LogP contribution in [0.5, 0.6) is 0 Å². The molecule has 0 aliphatic carbocycles. The highest BCUT2D eigenvalue weighted by Crippen LogP contribution is 2.13. The molecular formula is C20H29N5O2. The van der Waals surface area contributed by atoms with Crippen LogP contribution in [0.1, 0.15) is 50.6 Å². The van der Waals surface area contributed by atoms with Gasteiger partial charge in [-0.15, -0.1) is 0 Å². The van der Waals surface area contributed by atoms with Crippen LogP contribution in [0.15, 0.2) is 39.8 Å². The van der Waals surface area contributed by atoms with Crippen molar-refractivity contribution in [1.82, 2.24) is 15.8 Å². The van der Waals surface area contributed by atoms with Crippen LogP contribution in [-0.2, 0) is 17.8 Å². The van der Waals surface area contributed by atoms with E-state index in [1.807, 2.05) is 37.3 Å².